The highest BCUT2D eigenvalue weighted by molar-refractivity contribution is 6.39. The van der Waals surface area contributed by atoms with Crippen LogP contribution in [0.3, 0.4) is 0 Å². The Hall–Kier alpha value is -3.64. The van der Waals surface area contributed by atoms with Crippen LogP contribution in [-0.4, -0.2) is 43.9 Å². The van der Waals surface area contributed by atoms with Crippen molar-refractivity contribution in [3.63, 3.8) is 0 Å². The fourth-order valence-electron chi connectivity index (χ4n) is 4.71. The van der Waals surface area contributed by atoms with Crippen LogP contribution in [-0.2, 0) is 22.4 Å². The summed E-state index contributed by atoms with van der Waals surface area (Å²) in [5.74, 6) is -5.38. The Balaban J connectivity index is 1.64. The molecule has 0 saturated carbocycles. The summed E-state index contributed by atoms with van der Waals surface area (Å²) < 4.78 is 92.6. The molecule has 6 nitrogen and oxygen atoms in total. The largest absolute Gasteiger partial charge is 0.493 e. The van der Waals surface area contributed by atoms with E-state index in [2.05, 4.69) is 5.32 Å². The summed E-state index contributed by atoms with van der Waals surface area (Å²) in [6.45, 7) is 1.11. The first-order chi connectivity index (χ1) is 20.2. The Kier molecular flexibility index (Phi) is 9.70. The molecule has 3 aromatic rings. The van der Waals surface area contributed by atoms with E-state index in [4.69, 9.17) is 32.7 Å². The highest BCUT2D eigenvalue weighted by Crippen LogP contribution is 2.44. The average Bonchev–Trinajstić information content (AvgIpc) is 2.91. The van der Waals surface area contributed by atoms with Gasteiger partial charge in [-0.25, -0.2) is 18.0 Å². The van der Waals surface area contributed by atoms with Crippen molar-refractivity contribution in [3.05, 3.63) is 80.6 Å². The molecule has 1 aliphatic rings. The number of methoxy groups -OCH3 is 1. The number of amides is 1. The van der Waals surface area contributed by atoms with E-state index in [0.717, 1.165) is 26.2 Å². The van der Waals surface area contributed by atoms with Gasteiger partial charge in [0, 0.05) is 23.2 Å². The van der Waals surface area contributed by atoms with E-state index >= 15 is 0 Å². The molecule has 2 atom stereocenters. The van der Waals surface area contributed by atoms with Gasteiger partial charge in [0.05, 0.1) is 23.8 Å². The molecule has 4 rings (SSSR count). The van der Waals surface area contributed by atoms with E-state index in [9.17, 15) is 35.9 Å². The summed E-state index contributed by atoms with van der Waals surface area (Å²) in [6.07, 6.45) is -3.77. The SMILES string of the molecule is COC(=O)[C@H](Cc1ccc(-c2c(Cl)cc(F)cc2Cl)c2c1CCCO2)NC(=O)c1c(F)cc(N[C@H](C)C(F)(F)F)cc1F. The number of hydrogen-bond acceptors (Lipinski definition) is 5. The standard InChI is InChI=1S/C29H24Cl2F6N2O4/c1-13(29(35,36)37)38-16-11-21(33)25(22(34)12-16)27(40)39-23(28(41)42-2)8-14-5-6-18(26-17(14)4-3-7-43-26)24-19(30)9-15(32)10-20(24)31/h5-6,9-13,23,38H,3-4,7-8H2,1-2H3,(H,39,40)/t13-,23+/m1/s1. The number of hydrogen-bond donors (Lipinski definition) is 2. The molecule has 0 fully saturated rings. The number of esters is 1. The number of anilines is 1. The molecule has 1 aliphatic heterocycles. The van der Waals surface area contributed by atoms with Gasteiger partial charge in [0.25, 0.3) is 5.91 Å². The van der Waals surface area contributed by atoms with Crippen LogP contribution in [0.5, 0.6) is 5.75 Å². The fraction of sp³-hybridized carbons (Fsp3) is 0.310. The van der Waals surface area contributed by atoms with E-state index < -0.39 is 58.8 Å². The van der Waals surface area contributed by atoms with Gasteiger partial charge in [-0.3, -0.25) is 4.79 Å². The molecule has 3 aromatic carbocycles. The minimum absolute atomic E-state index is 0.0481. The second-order valence-corrected chi connectivity index (χ2v) is 10.6. The number of ether oxygens (including phenoxy) is 2. The van der Waals surface area contributed by atoms with Crippen molar-refractivity contribution in [1.29, 1.82) is 0 Å². The van der Waals surface area contributed by atoms with Crippen LogP contribution in [0.25, 0.3) is 11.1 Å². The second-order valence-electron chi connectivity index (χ2n) is 9.75. The van der Waals surface area contributed by atoms with Crippen molar-refractivity contribution in [2.45, 2.75) is 44.4 Å². The zero-order valence-corrected chi connectivity index (χ0v) is 24.1. The van der Waals surface area contributed by atoms with Crippen molar-refractivity contribution in [2.24, 2.45) is 0 Å². The van der Waals surface area contributed by atoms with E-state index in [-0.39, 0.29) is 16.5 Å². The molecule has 14 heteroatoms. The molecule has 0 aromatic heterocycles. The molecular weight excluding hydrogens is 625 g/mol. The van der Waals surface area contributed by atoms with Crippen molar-refractivity contribution in [1.82, 2.24) is 5.32 Å². The van der Waals surface area contributed by atoms with Crippen molar-refractivity contribution >= 4 is 40.8 Å². The van der Waals surface area contributed by atoms with Crippen molar-refractivity contribution in [3.8, 4) is 16.9 Å². The number of benzene rings is 3. The molecule has 230 valence electrons. The van der Waals surface area contributed by atoms with Crippen molar-refractivity contribution < 1.29 is 45.4 Å². The fourth-order valence-corrected chi connectivity index (χ4v) is 5.37. The normalized spacial score (nSPS) is 14.3. The molecule has 0 radical (unpaired) electrons. The Labute approximate surface area is 252 Å². The maximum Gasteiger partial charge on any atom is 0.408 e. The minimum Gasteiger partial charge on any atom is -0.493 e. The molecule has 0 bridgehead atoms. The van der Waals surface area contributed by atoms with Gasteiger partial charge in [-0.2, -0.15) is 13.2 Å². The van der Waals surface area contributed by atoms with Crippen molar-refractivity contribution in [2.75, 3.05) is 19.0 Å². The highest BCUT2D eigenvalue weighted by Gasteiger charge is 2.36. The molecule has 0 spiro atoms. The first-order valence-electron chi connectivity index (χ1n) is 12.8. The third-order valence-corrected chi connectivity index (χ3v) is 7.41. The van der Waals surface area contributed by atoms with Gasteiger partial charge in [0.2, 0.25) is 0 Å². The number of alkyl halides is 3. The molecule has 43 heavy (non-hydrogen) atoms. The van der Waals surface area contributed by atoms with Gasteiger partial charge >= 0.3 is 12.1 Å². The maximum absolute atomic E-state index is 14.8. The van der Waals surface area contributed by atoms with Crippen LogP contribution in [0, 0.1) is 17.5 Å². The van der Waals surface area contributed by atoms with E-state index in [1.54, 1.807) is 12.1 Å². The van der Waals surface area contributed by atoms with E-state index in [0.29, 0.717) is 59.6 Å². The number of carbonyl (C=O) groups is 2. The first kappa shape index (κ1) is 32.3. The summed E-state index contributed by atoms with van der Waals surface area (Å²) in [6, 6.07) is 2.99. The third-order valence-electron chi connectivity index (χ3n) is 6.81. The lowest BCUT2D eigenvalue weighted by atomic mass is 9.90. The van der Waals surface area contributed by atoms with Crippen LogP contribution in [0.15, 0.2) is 36.4 Å². The molecular formula is C29H24Cl2F6N2O4. The second kappa shape index (κ2) is 12.9. The predicted octanol–water partition coefficient (Wildman–Crippen LogP) is 7.28. The lowest BCUT2D eigenvalue weighted by Gasteiger charge is -2.26. The number of nitrogens with one attached hydrogen (secondary N) is 2. The molecule has 0 aliphatic carbocycles. The first-order valence-corrected chi connectivity index (χ1v) is 13.6. The van der Waals surface area contributed by atoms with E-state index in [1.807, 2.05) is 5.32 Å². The molecule has 0 saturated heterocycles. The van der Waals surface area contributed by atoms with Crippen LogP contribution in [0.4, 0.5) is 32.0 Å². The summed E-state index contributed by atoms with van der Waals surface area (Å²) in [7, 11) is 1.06. The Bertz CT molecular complexity index is 1520. The Morgan fingerprint density at radius 2 is 1.67 bits per heavy atom. The Morgan fingerprint density at radius 1 is 1.05 bits per heavy atom. The van der Waals surface area contributed by atoms with Gasteiger partial charge in [0.15, 0.2) is 0 Å². The van der Waals surface area contributed by atoms with Gasteiger partial charge in [-0.1, -0.05) is 35.3 Å². The summed E-state index contributed by atoms with van der Waals surface area (Å²) >= 11 is 12.6. The smallest absolute Gasteiger partial charge is 0.408 e. The highest BCUT2D eigenvalue weighted by atomic mass is 35.5. The van der Waals surface area contributed by atoms with Crippen LogP contribution in [0.2, 0.25) is 10.0 Å². The van der Waals surface area contributed by atoms with Gasteiger partial charge in [-0.05, 0) is 55.2 Å². The number of fused-ring (bicyclic) bond motifs is 1. The maximum atomic E-state index is 14.8. The van der Waals surface area contributed by atoms with Crippen LogP contribution >= 0.6 is 23.2 Å². The van der Waals surface area contributed by atoms with Crippen LogP contribution in [0.1, 0.15) is 34.8 Å². The molecule has 2 N–H and O–H groups in total. The van der Waals surface area contributed by atoms with E-state index in [1.165, 1.54) is 0 Å². The summed E-state index contributed by atoms with van der Waals surface area (Å²) in [4.78, 5) is 25.6. The van der Waals surface area contributed by atoms with Gasteiger partial charge < -0.3 is 20.1 Å². The predicted molar refractivity (Wildman–Crippen MR) is 148 cm³/mol. The van der Waals surface area contributed by atoms with Gasteiger partial charge in [-0.15, -0.1) is 0 Å². The molecule has 1 heterocycles. The zero-order valence-electron chi connectivity index (χ0n) is 22.6. The number of halogens is 8. The lowest BCUT2D eigenvalue weighted by Crippen LogP contribution is -2.44. The third kappa shape index (κ3) is 7.13. The average molecular weight is 649 g/mol. The monoisotopic (exact) mass is 648 g/mol. The molecule has 0 unspecified atom stereocenters. The minimum atomic E-state index is -4.68. The summed E-state index contributed by atoms with van der Waals surface area (Å²) in [5.41, 5.74) is 0.361. The van der Waals surface area contributed by atoms with Gasteiger partial charge in [0.1, 0.15) is 40.8 Å². The molecule has 1 amide bonds. The summed E-state index contributed by atoms with van der Waals surface area (Å²) in [5, 5.41) is 4.28. The number of rotatable bonds is 8. The zero-order chi connectivity index (χ0) is 31.6. The quantitative estimate of drug-likeness (QED) is 0.198. The number of carbonyl (C=O) groups excluding carboxylic acids is 2. The Morgan fingerprint density at radius 3 is 2.26 bits per heavy atom. The van der Waals surface area contributed by atoms with Crippen LogP contribution < -0.4 is 15.4 Å². The lowest BCUT2D eigenvalue weighted by molar-refractivity contribution is -0.143. The topological polar surface area (TPSA) is 76.7 Å².